The van der Waals surface area contributed by atoms with E-state index in [0.717, 1.165) is 26.2 Å². The van der Waals surface area contributed by atoms with Crippen LogP contribution in [0.15, 0.2) is 35.5 Å². The van der Waals surface area contributed by atoms with Gasteiger partial charge >= 0.3 is 0 Å². The Morgan fingerprint density at radius 1 is 1.08 bits per heavy atom. The molecule has 0 spiro atoms. The van der Waals surface area contributed by atoms with E-state index in [1.807, 2.05) is 17.0 Å². The van der Waals surface area contributed by atoms with Crippen LogP contribution in [-0.4, -0.2) is 32.1 Å². The van der Waals surface area contributed by atoms with E-state index in [-0.39, 0.29) is 5.56 Å². The van der Waals surface area contributed by atoms with Crippen LogP contribution < -0.4 is 5.56 Å². The molecule has 5 rings (SSSR count). The van der Waals surface area contributed by atoms with E-state index < -0.39 is 0 Å². The van der Waals surface area contributed by atoms with Gasteiger partial charge in [0.25, 0.3) is 5.56 Å². The van der Waals surface area contributed by atoms with Crippen molar-refractivity contribution in [1.82, 2.24) is 19.0 Å². The summed E-state index contributed by atoms with van der Waals surface area (Å²) in [6.45, 7) is 4.01. The number of pyridine rings is 1. The van der Waals surface area contributed by atoms with E-state index in [4.69, 9.17) is 0 Å². The number of aromatic nitrogens is 3. The number of hydrogen-bond acceptors (Lipinski definition) is 3. The Bertz CT molecular complexity index is 833. The quantitative estimate of drug-likeness (QED) is 0.852. The second kappa shape index (κ2) is 6.69. The maximum absolute atomic E-state index is 12.2. The number of hydrogen-bond donors (Lipinski definition) is 0. The predicted octanol–water partition coefficient (Wildman–Crippen LogP) is 3.17. The minimum atomic E-state index is 0.168. The molecular formula is C21H28N4O. The second-order valence-corrected chi connectivity index (χ2v) is 8.48. The summed E-state index contributed by atoms with van der Waals surface area (Å²) in [6, 6.07) is 6.42. The van der Waals surface area contributed by atoms with Gasteiger partial charge in [-0.05, 0) is 31.2 Å². The first-order chi connectivity index (χ1) is 12.8. The van der Waals surface area contributed by atoms with E-state index in [1.165, 1.54) is 49.9 Å². The Balaban J connectivity index is 1.34. The molecule has 26 heavy (non-hydrogen) atoms. The third kappa shape index (κ3) is 2.92. The lowest BCUT2D eigenvalue weighted by atomic mass is 9.83. The SMILES string of the molecule is O=c1cccc2n1C[C@@H]1C[C@H]2CN(Cc2cncn2C2CCCCC2)C1. The van der Waals surface area contributed by atoms with Gasteiger partial charge in [-0.2, -0.15) is 0 Å². The molecule has 2 aliphatic heterocycles. The van der Waals surface area contributed by atoms with Crippen molar-refractivity contribution >= 4 is 0 Å². The second-order valence-electron chi connectivity index (χ2n) is 8.48. The van der Waals surface area contributed by atoms with Gasteiger partial charge in [-0.15, -0.1) is 0 Å². The summed E-state index contributed by atoms with van der Waals surface area (Å²) >= 11 is 0. The molecule has 0 unspecified atom stereocenters. The lowest BCUT2D eigenvalue weighted by molar-refractivity contribution is 0.111. The van der Waals surface area contributed by atoms with Crippen molar-refractivity contribution in [1.29, 1.82) is 0 Å². The zero-order valence-corrected chi connectivity index (χ0v) is 15.4. The molecule has 2 atom stereocenters. The van der Waals surface area contributed by atoms with E-state index >= 15 is 0 Å². The zero-order chi connectivity index (χ0) is 17.5. The molecule has 2 aromatic heterocycles. The van der Waals surface area contributed by atoms with Gasteiger partial charge in [0.05, 0.1) is 12.0 Å². The Labute approximate surface area is 154 Å². The van der Waals surface area contributed by atoms with Gasteiger partial charge in [-0.25, -0.2) is 4.98 Å². The molecule has 4 heterocycles. The van der Waals surface area contributed by atoms with Gasteiger partial charge in [0, 0.05) is 56.1 Å². The Kier molecular flexibility index (Phi) is 4.20. The summed E-state index contributed by atoms with van der Waals surface area (Å²) in [4.78, 5) is 19.3. The number of imidazole rings is 1. The lowest BCUT2D eigenvalue weighted by Gasteiger charge is -2.43. The van der Waals surface area contributed by atoms with Crippen LogP contribution in [0.3, 0.4) is 0 Å². The van der Waals surface area contributed by atoms with Crippen LogP contribution in [0.2, 0.25) is 0 Å². The zero-order valence-electron chi connectivity index (χ0n) is 15.4. The molecule has 5 nitrogen and oxygen atoms in total. The van der Waals surface area contributed by atoms with Crippen LogP contribution in [0.4, 0.5) is 0 Å². The predicted molar refractivity (Wildman–Crippen MR) is 101 cm³/mol. The summed E-state index contributed by atoms with van der Waals surface area (Å²) in [6.07, 6.45) is 12.0. The minimum Gasteiger partial charge on any atom is -0.330 e. The number of likely N-dealkylation sites (tertiary alicyclic amines) is 1. The van der Waals surface area contributed by atoms with Crippen LogP contribution >= 0.6 is 0 Å². The van der Waals surface area contributed by atoms with Crippen molar-refractivity contribution in [2.45, 2.75) is 63.6 Å². The fraction of sp³-hybridized carbons (Fsp3) is 0.619. The van der Waals surface area contributed by atoms with Crippen molar-refractivity contribution in [2.24, 2.45) is 5.92 Å². The number of nitrogens with zero attached hydrogens (tertiary/aromatic N) is 4. The molecule has 0 amide bonds. The highest BCUT2D eigenvalue weighted by Crippen LogP contribution is 2.36. The van der Waals surface area contributed by atoms with Gasteiger partial charge in [-0.3, -0.25) is 9.69 Å². The summed E-state index contributed by atoms with van der Waals surface area (Å²) in [7, 11) is 0. The topological polar surface area (TPSA) is 43.1 Å². The molecule has 2 bridgehead atoms. The number of piperidine rings is 1. The van der Waals surface area contributed by atoms with Crippen LogP contribution in [0.25, 0.3) is 0 Å². The third-order valence-corrected chi connectivity index (χ3v) is 6.66. The molecule has 0 radical (unpaired) electrons. The summed E-state index contributed by atoms with van der Waals surface area (Å²) in [5.74, 6) is 1.08. The largest absolute Gasteiger partial charge is 0.330 e. The highest BCUT2D eigenvalue weighted by molar-refractivity contribution is 5.17. The maximum Gasteiger partial charge on any atom is 0.250 e. The van der Waals surface area contributed by atoms with Gasteiger partial charge < -0.3 is 9.13 Å². The highest BCUT2D eigenvalue weighted by atomic mass is 16.1. The van der Waals surface area contributed by atoms with Crippen LogP contribution in [0, 0.1) is 5.92 Å². The molecule has 1 aliphatic carbocycles. The van der Waals surface area contributed by atoms with Gasteiger partial charge in [0.2, 0.25) is 0 Å². The monoisotopic (exact) mass is 352 g/mol. The third-order valence-electron chi connectivity index (χ3n) is 6.66. The molecule has 1 saturated heterocycles. The van der Waals surface area contributed by atoms with Gasteiger partial charge in [0.15, 0.2) is 0 Å². The maximum atomic E-state index is 12.2. The van der Waals surface area contributed by atoms with E-state index in [1.54, 1.807) is 6.07 Å². The van der Waals surface area contributed by atoms with Crippen molar-refractivity contribution in [3.05, 3.63) is 52.5 Å². The van der Waals surface area contributed by atoms with Crippen molar-refractivity contribution in [3.63, 3.8) is 0 Å². The number of fused-ring (bicyclic) bond motifs is 4. The van der Waals surface area contributed by atoms with E-state index in [9.17, 15) is 4.79 Å². The van der Waals surface area contributed by atoms with Crippen LogP contribution in [-0.2, 0) is 13.1 Å². The number of rotatable bonds is 3. The standard InChI is InChI=1S/C21H28N4O/c26-21-8-4-7-20-17-9-16(12-24(20)21)11-23(13-17)14-19-10-22-15-25(19)18-5-2-1-3-6-18/h4,7-8,10,15-18H,1-3,5-6,9,11-14H2/t16-,17+/m1/s1. The molecule has 3 aliphatic rings. The molecular weight excluding hydrogens is 324 g/mol. The first-order valence-corrected chi connectivity index (χ1v) is 10.2. The first kappa shape index (κ1) is 16.3. The fourth-order valence-corrected chi connectivity index (χ4v) is 5.50. The van der Waals surface area contributed by atoms with Crippen LogP contribution in [0.5, 0.6) is 0 Å². The molecule has 1 saturated carbocycles. The van der Waals surface area contributed by atoms with E-state index in [0.29, 0.717) is 17.9 Å². The first-order valence-electron chi connectivity index (χ1n) is 10.2. The van der Waals surface area contributed by atoms with Gasteiger partial charge in [-0.1, -0.05) is 25.3 Å². The van der Waals surface area contributed by atoms with E-state index in [2.05, 4.69) is 26.7 Å². The minimum absolute atomic E-state index is 0.168. The molecule has 5 heteroatoms. The lowest BCUT2D eigenvalue weighted by Crippen LogP contribution is -2.46. The Morgan fingerprint density at radius 3 is 2.85 bits per heavy atom. The Hall–Kier alpha value is -1.88. The van der Waals surface area contributed by atoms with Crippen molar-refractivity contribution in [3.8, 4) is 0 Å². The average Bonchev–Trinajstić information content (AvgIpc) is 3.11. The van der Waals surface area contributed by atoms with Gasteiger partial charge in [0.1, 0.15) is 0 Å². The molecule has 138 valence electrons. The fourth-order valence-electron chi connectivity index (χ4n) is 5.50. The summed E-state index contributed by atoms with van der Waals surface area (Å²) in [5.41, 5.74) is 2.77. The molecule has 2 aromatic rings. The average molecular weight is 352 g/mol. The Morgan fingerprint density at radius 2 is 1.96 bits per heavy atom. The summed E-state index contributed by atoms with van der Waals surface area (Å²) < 4.78 is 4.46. The normalized spacial score (nSPS) is 26.6. The smallest absolute Gasteiger partial charge is 0.250 e. The molecule has 0 N–H and O–H groups in total. The van der Waals surface area contributed by atoms with Crippen molar-refractivity contribution in [2.75, 3.05) is 13.1 Å². The molecule has 2 fully saturated rings. The van der Waals surface area contributed by atoms with Crippen molar-refractivity contribution < 1.29 is 0 Å². The summed E-state index contributed by atoms with van der Waals surface area (Å²) in [5, 5.41) is 0. The highest BCUT2D eigenvalue weighted by Gasteiger charge is 2.34. The molecule has 0 aromatic carbocycles. The van der Waals surface area contributed by atoms with Crippen LogP contribution in [0.1, 0.15) is 61.9 Å².